The number of benzene rings is 2. The molecule has 0 saturated heterocycles. The molecular formula is C24H18F6N2O3. The normalized spacial score (nSPS) is 11.9. The van der Waals surface area contributed by atoms with E-state index in [4.69, 9.17) is 0 Å². The average Bonchev–Trinajstić information content (AvgIpc) is 2.77. The van der Waals surface area contributed by atoms with E-state index in [1.165, 1.54) is 13.1 Å². The van der Waals surface area contributed by atoms with Gasteiger partial charge in [0, 0.05) is 19.8 Å². The molecule has 184 valence electrons. The fourth-order valence-electron chi connectivity index (χ4n) is 3.50. The summed E-state index contributed by atoms with van der Waals surface area (Å²) in [5.41, 5.74) is -2.31. The summed E-state index contributed by atoms with van der Waals surface area (Å²) in [7, 11) is 1.21. The Balaban J connectivity index is 2.04. The van der Waals surface area contributed by atoms with Gasteiger partial charge in [-0.15, -0.1) is 0 Å². The highest BCUT2D eigenvalue weighted by atomic mass is 19.4. The summed E-state index contributed by atoms with van der Waals surface area (Å²) in [6.45, 7) is 1.16. The first-order valence-corrected chi connectivity index (χ1v) is 10.0. The highest BCUT2D eigenvalue weighted by Gasteiger charge is 2.37. The number of aryl methyl sites for hydroxylation is 1. The summed E-state index contributed by atoms with van der Waals surface area (Å²) < 4.78 is 79.0. The number of aromatic nitrogens is 1. The molecule has 3 aromatic rings. The van der Waals surface area contributed by atoms with Crippen LogP contribution in [0.4, 0.5) is 26.3 Å². The van der Waals surface area contributed by atoms with E-state index < -0.39 is 41.9 Å². The SMILES string of the molecule is Cc1ccccc1-c1cc(C(=O)O)ncc1C(=O)N(C)Cc1cc(C(F)(F)F)cc(C(F)(F)F)c1. The second-order valence-corrected chi connectivity index (χ2v) is 7.81. The van der Waals surface area contributed by atoms with Gasteiger partial charge in [-0.2, -0.15) is 26.3 Å². The summed E-state index contributed by atoms with van der Waals surface area (Å²) in [5, 5.41) is 9.30. The smallest absolute Gasteiger partial charge is 0.416 e. The van der Waals surface area contributed by atoms with Crippen LogP contribution in [0.25, 0.3) is 11.1 Å². The molecule has 0 unspecified atom stereocenters. The summed E-state index contributed by atoms with van der Waals surface area (Å²) in [5.74, 6) is -2.10. The Labute approximate surface area is 195 Å². The standard InChI is InChI=1S/C24H18F6N2O3/c1-13-5-3-4-6-17(13)18-10-20(22(34)35)31-11-19(18)21(33)32(2)12-14-7-15(23(25,26)27)9-16(8-14)24(28,29)30/h3-11H,12H2,1-2H3,(H,34,35). The Morgan fingerprint density at radius 2 is 1.49 bits per heavy atom. The molecule has 0 saturated carbocycles. The van der Waals surface area contributed by atoms with Crippen molar-refractivity contribution in [3.05, 3.63) is 88.2 Å². The van der Waals surface area contributed by atoms with Crippen molar-refractivity contribution in [1.82, 2.24) is 9.88 Å². The number of alkyl halides is 6. The van der Waals surface area contributed by atoms with Crippen molar-refractivity contribution in [3.8, 4) is 11.1 Å². The summed E-state index contributed by atoms with van der Waals surface area (Å²) in [4.78, 5) is 29.3. The van der Waals surface area contributed by atoms with E-state index in [2.05, 4.69) is 4.98 Å². The Bertz CT molecular complexity index is 1250. The van der Waals surface area contributed by atoms with E-state index >= 15 is 0 Å². The van der Waals surface area contributed by atoms with Crippen LogP contribution in [0.1, 0.15) is 43.1 Å². The lowest BCUT2D eigenvalue weighted by atomic mass is 9.96. The predicted molar refractivity (Wildman–Crippen MR) is 114 cm³/mol. The van der Waals surface area contributed by atoms with E-state index in [1.807, 2.05) is 0 Å². The van der Waals surface area contributed by atoms with E-state index in [0.717, 1.165) is 11.1 Å². The van der Waals surface area contributed by atoms with E-state index in [1.54, 1.807) is 31.2 Å². The summed E-state index contributed by atoms with van der Waals surface area (Å²) >= 11 is 0. The molecule has 2 aromatic carbocycles. The minimum atomic E-state index is -5.02. The van der Waals surface area contributed by atoms with Crippen LogP contribution in [-0.4, -0.2) is 33.9 Å². The maximum Gasteiger partial charge on any atom is 0.416 e. The molecule has 11 heteroatoms. The van der Waals surface area contributed by atoms with Crippen molar-refractivity contribution < 1.29 is 41.0 Å². The molecule has 1 aromatic heterocycles. The van der Waals surface area contributed by atoms with Crippen LogP contribution in [0.5, 0.6) is 0 Å². The number of halogens is 6. The zero-order valence-electron chi connectivity index (χ0n) is 18.3. The van der Waals surface area contributed by atoms with Crippen LogP contribution >= 0.6 is 0 Å². The number of carboxylic acid groups (broad SMARTS) is 1. The molecule has 5 nitrogen and oxygen atoms in total. The largest absolute Gasteiger partial charge is 0.477 e. The lowest BCUT2D eigenvalue weighted by Gasteiger charge is -2.21. The Morgan fingerprint density at radius 3 is 2.00 bits per heavy atom. The first kappa shape index (κ1) is 25.7. The third-order valence-corrected chi connectivity index (χ3v) is 5.20. The molecular weight excluding hydrogens is 478 g/mol. The van der Waals surface area contributed by atoms with Crippen molar-refractivity contribution >= 4 is 11.9 Å². The predicted octanol–water partition coefficient (Wildman–Crippen LogP) is 6.07. The van der Waals surface area contributed by atoms with E-state index in [9.17, 15) is 41.0 Å². The van der Waals surface area contributed by atoms with Gasteiger partial charge in [-0.05, 0) is 53.4 Å². The molecule has 35 heavy (non-hydrogen) atoms. The van der Waals surface area contributed by atoms with Gasteiger partial charge in [0.1, 0.15) is 5.69 Å². The number of aromatic carboxylic acids is 1. The van der Waals surface area contributed by atoms with Gasteiger partial charge in [-0.1, -0.05) is 24.3 Å². The van der Waals surface area contributed by atoms with Crippen LogP contribution in [0.2, 0.25) is 0 Å². The molecule has 0 aliphatic rings. The lowest BCUT2D eigenvalue weighted by molar-refractivity contribution is -0.143. The number of nitrogens with zero attached hydrogens (tertiary/aromatic N) is 2. The minimum Gasteiger partial charge on any atom is -0.477 e. The summed E-state index contributed by atoms with van der Waals surface area (Å²) in [6.07, 6.45) is -9.02. The number of carbonyl (C=O) groups excluding carboxylic acids is 1. The van der Waals surface area contributed by atoms with E-state index in [0.29, 0.717) is 23.3 Å². The van der Waals surface area contributed by atoms with E-state index in [-0.39, 0.29) is 28.5 Å². The maximum absolute atomic E-state index is 13.2. The van der Waals surface area contributed by atoms with Gasteiger partial charge in [-0.25, -0.2) is 9.78 Å². The molecule has 0 atom stereocenters. The van der Waals surface area contributed by atoms with Crippen molar-refractivity contribution in [2.24, 2.45) is 0 Å². The van der Waals surface area contributed by atoms with Gasteiger partial charge in [-0.3, -0.25) is 4.79 Å². The molecule has 1 N–H and O–H groups in total. The topological polar surface area (TPSA) is 70.5 Å². The van der Waals surface area contributed by atoms with Gasteiger partial charge >= 0.3 is 18.3 Å². The zero-order valence-corrected chi connectivity index (χ0v) is 18.3. The number of hydrogen-bond donors (Lipinski definition) is 1. The molecule has 0 bridgehead atoms. The molecule has 1 heterocycles. The fraction of sp³-hybridized carbons (Fsp3) is 0.208. The lowest BCUT2D eigenvalue weighted by Crippen LogP contribution is -2.27. The van der Waals surface area contributed by atoms with Crippen LogP contribution in [0.15, 0.2) is 54.7 Å². The van der Waals surface area contributed by atoms with Crippen LogP contribution in [0.3, 0.4) is 0 Å². The summed E-state index contributed by atoms with van der Waals surface area (Å²) in [6, 6.07) is 9.08. The Kier molecular flexibility index (Phi) is 6.91. The second-order valence-electron chi connectivity index (χ2n) is 7.81. The van der Waals surface area contributed by atoms with Gasteiger partial charge in [0.15, 0.2) is 0 Å². The van der Waals surface area contributed by atoms with Crippen LogP contribution in [0, 0.1) is 6.92 Å². The maximum atomic E-state index is 13.2. The fourth-order valence-corrected chi connectivity index (χ4v) is 3.50. The van der Waals surface area contributed by atoms with Crippen LogP contribution < -0.4 is 0 Å². The van der Waals surface area contributed by atoms with Crippen molar-refractivity contribution in [2.75, 3.05) is 7.05 Å². The Hall–Kier alpha value is -3.89. The van der Waals surface area contributed by atoms with Crippen molar-refractivity contribution in [3.63, 3.8) is 0 Å². The second kappa shape index (κ2) is 9.40. The van der Waals surface area contributed by atoms with Gasteiger partial charge in [0.2, 0.25) is 0 Å². The zero-order chi connectivity index (χ0) is 26.1. The molecule has 0 radical (unpaired) electrons. The molecule has 3 rings (SSSR count). The number of rotatable bonds is 5. The molecule has 1 amide bonds. The van der Waals surface area contributed by atoms with Gasteiger partial charge in [0.05, 0.1) is 16.7 Å². The monoisotopic (exact) mass is 496 g/mol. The number of amides is 1. The Morgan fingerprint density at radius 1 is 0.914 bits per heavy atom. The highest BCUT2D eigenvalue weighted by molar-refractivity contribution is 6.02. The van der Waals surface area contributed by atoms with Gasteiger partial charge < -0.3 is 10.0 Å². The quantitative estimate of drug-likeness (QED) is 0.436. The first-order valence-electron chi connectivity index (χ1n) is 10.0. The first-order chi connectivity index (χ1) is 16.2. The third-order valence-electron chi connectivity index (χ3n) is 5.20. The third kappa shape index (κ3) is 5.79. The molecule has 0 spiro atoms. The van der Waals surface area contributed by atoms with Crippen molar-refractivity contribution in [2.45, 2.75) is 25.8 Å². The van der Waals surface area contributed by atoms with Gasteiger partial charge in [0.25, 0.3) is 5.91 Å². The minimum absolute atomic E-state index is 0.0101. The number of hydrogen-bond acceptors (Lipinski definition) is 3. The highest BCUT2D eigenvalue weighted by Crippen LogP contribution is 2.37. The average molecular weight is 496 g/mol. The number of pyridine rings is 1. The number of carboxylic acids is 1. The molecule has 0 fully saturated rings. The molecule has 0 aliphatic carbocycles. The molecule has 0 aliphatic heterocycles. The van der Waals surface area contributed by atoms with Crippen molar-refractivity contribution in [1.29, 1.82) is 0 Å². The number of carbonyl (C=O) groups is 2. The van der Waals surface area contributed by atoms with Crippen LogP contribution in [-0.2, 0) is 18.9 Å².